The van der Waals surface area contributed by atoms with Gasteiger partial charge < -0.3 is 9.47 Å². The van der Waals surface area contributed by atoms with E-state index in [1.54, 1.807) is 5.30 Å². The molecule has 0 bridgehead atoms. The van der Waals surface area contributed by atoms with E-state index >= 15 is 0 Å². The van der Waals surface area contributed by atoms with Gasteiger partial charge in [0.05, 0.1) is 24.0 Å². The van der Waals surface area contributed by atoms with Gasteiger partial charge in [0.25, 0.3) is 10.1 Å². The Balaban J connectivity index is 0.000000258. The third-order valence-electron chi connectivity index (χ3n) is 9.43. The van der Waals surface area contributed by atoms with Crippen molar-refractivity contribution in [1.29, 1.82) is 0 Å². The van der Waals surface area contributed by atoms with E-state index in [4.69, 9.17) is 14.0 Å². The molecule has 0 aromatic heterocycles. The third kappa shape index (κ3) is 13.5. The van der Waals surface area contributed by atoms with E-state index in [9.17, 15) is 8.42 Å². The van der Waals surface area contributed by atoms with Crippen LogP contribution >= 0.6 is 7.92 Å². The Morgan fingerprint density at radius 1 is 0.660 bits per heavy atom. The first-order valence-corrected chi connectivity index (χ1v) is 23.2. The minimum Gasteiger partial charge on any atom is -0.286 e. The smallest absolute Gasteiger partial charge is 0.261 e. The van der Waals surface area contributed by atoms with E-state index < -0.39 is 10.1 Å². The molecule has 0 aliphatic heterocycles. The fraction of sp³-hybridized carbons (Fsp3) is 0.455. The Labute approximate surface area is 331 Å². The SMILES string of the molecule is CC(C)Oc1cccc(OC(C)C)c1-c1ccccc1P(C1CCCCC1)C1CCCCC1.CNc1ccccc1-c1cccc[c]1[Pd].CS(=O)(=O)O. The molecule has 2 saturated carbocycles. The van der Waals surface area contributed by atoms with Gasteiger partial charge in [-0.3, -0.25) is 4.55 Å². The van der Waals surface area contributed by atoms with Crippen LogP contribution in [0.5, 0.6) is 11.5 Å². The predicted octanol–water partition coefficient (Wildman–Crippen LogP) is 10.8. The molecule has 0 atom stereocenters. The van der Waals surface area contributed by atoms with E-state index in [0.29, 0.717) is 6.26 Å². The molecule has 2 aliphatic rings. The summed E-state index contributed by atoms with van der Waals surface area (Å²) in [4.78, 5) is 0. The number of benzene rings is 4. The van der Waals surface area contributed by atoms with E-state index in [0.717, 1.165) is 38.1 Å². The van der Waals surface area contributed by atoms with Crippen LogP contribution in [-0.4, -0.2) is 49.8 Å². The molecule has 2 N–H and O–H groups in total. The van der Waals surface area contributed by atoms with Crippen LogP contribution in [0, 0.1) is 0 Å². The van der Waals surface area contributed by atoms with Crippen LogP contribution in [0.3, 0.4) is 0 Å². The summed E-state index contributed by atoms with van der Waals surface area (Å²) in [6, 6.07) is 32.2. The maximum atomic E-state index is 9.19. The van der Waals surface area contributed by atoms with E-state index in [-0.39, 0.29) is 20.1 Å². The molecule has 6 rings (SSSR count). The fourth-order valence-electron chi connectivity index (χ4n) is 7.40. The van der Waals surface area contributed by atoms with Crippen molar-refractivity contribution in [3.8, 4) is 33.8 Å². The summed E-state index contributed by atoms with van der Waals surface area (Å²) in [7, 11) is -1.94. The van der Waals surface area contributed by atoms with Crippen LogP contribution in [0.4, 0.5) is 5.69 Å². The van der Waals surface area contributed by atoms with Crippen LogP contribution in [0.25, 0.3) is 22.3 Å². The average molecular weight is 851 g/mol. The van der Waals surface area contributed by atoms with Crippen molar-refractivity contribution in [2.24, 2.45) is 0 Å². The van der Waals surface area contributed by atoms with Gasteiger partial charge in [0.15, 0.2) is 0 Å². The molecule has 53 heavy (non-hydrogen) atoms. The van der Waals surface area contributed by atoms with E-state index in [2.05, 4.69) is 131 Å². The summed E-state index contributed by atoms with van der Waals surface area (Å²) in [6.07, 6.45) is 15.1. The molecular formula is C44H59NO5PPdS. The van der Waals surface area contributed by atoms with E-state index in [1.165, 1.54) is 80.9 Å². The van der Waals surface area contributed by atoms with Gasteiger partial charge in [-0.1, -0.05) is 76.8 Å². The normalized spacial score (nSPS) is 15.3. The number of ether oxygens (including phenoxy) is 2. The minimum absolute atomic E-state index is 0.128. The largest absolute Gasteiger partial charge is 0.286 e. The first-order valence-electron chi connectivity index (χ1n) is 19.1. The molecule has 0 heterocycles. The number of para-hydroxylation sites is 1. The van der Waals surface area contributed by atoms with Gasteiger partial charge in [-0.25, -0.2) is 0 Å². The van der Waals surface area contributed by atoms with Crippen LogP contribution in [0.1, 0.15) is 91.9 Å². The monoisotopic (exact) mass is 850 g/mol. The van der Waals surface area contributed by atoms with Crippen LogP contribution < -0.4 is 24.1 Å². The van der Waals surface area contributed by atoms with Crippen LogP contribution in [0.15, 0.2) is 91.0 Å². The Morgan fingerprint density at radius 2 is 1.09 bits per heavy atom. The zero-order chi connectivity index (χ0) is 38.4. The Bertz CT molecular complexity index is 1770. The standard InChI is InChI=1S/C30H43O2P.C13H12N.CH4O3S.Pd/c1-22(2)31-27-19-13-20-28(32-23(3)4)30(27)26-18-11-12-21-29(26)33(24-14-7-5-8-15-24)25-16-9-6-10-17-25;1-14-13-10-6-5-9-12(13)11-7-3-2-4-8-11;1-5(2,3)4;/h11-13,18-25H,5-10,14-17H2,1-4H3;2-7,9-10,14H,1H3;1H3,(H,2,3,4);. The Kier molecular flexibility index (Phi) is 17.4. The van der Waals surface area contributed by atoms with Crippen molar-refractivity contribution < 1.29 is 41.6 Å². The summed E-state index contributed by atoms with van der Waals surface area (Å²) < 4.78 is 39.8. The molecule has 291 valence electrons. The summed E-state index contributed by atoms with van der Waals surface area (Å²) in [5.74, 6) is 1.91. The molecule has 2 aliphatic carbocycles. The Hall–Kier alpha value is -2.72. The number of hydrogen-bond acceptors (Lipinski definition) is 5. The molecule has 0 saturated heterocycles. The molecule has 9 heteroatoms. The fourth-order valence-corrected chi connectivity index (χ4v) is 11.8. The minimum atomic E-state index is -3.67. The van der Waals surface area contributed by atoms with Gasteiger partial charge in [0.1, 0.15) is 11.5 Å². The van der Waals surface area contributed by atoms with Crippen molar-refractivity contribution in [2.45, 2.75) is 115 Å². The molecule has 6 nitrogen and oxygen atoms in total. The average Bonchev–Trinajstić information content (AvgIpc) is 3.13. The van der Waals surface area contributed by atoms with Crippen molar-refractivity contribution in [2.75, 3.05) is 18.6 Å². The first kappa shape index (κ1) is 43.0. The maximum Gasteiger partial charge on any atom is 0.261 e. The quantitative estimate of drug-likeness (QED) is 0.0939. The van der Waals surface area contributed by atoms with Gasteiger partial charge in [-0.2, -0.15) is 8.42 Å². The summed E-state index contributed by atoms with van der Waals surface area (Å²) in [6.45, 7) is 8.45. The zero-order valence-corrected chi connectivity index (χ0v) is 35.6. The molecule has 2 fully saturated rings. The number of rotatable bonds is 10. The second-order valence-corrected chi connectivity index (χ2v) is 19.5. The molecule has 0 spiro atoms. The van der Waals surface area contributed by atoms with Gasteiger partial charge >= 0.3 is 101 Å². The second kappa shape index (κ2) is 21.4. The van der Waals surface area contributed by atoms with Gasteiger partial charge in [-0.05, 0) is 87.7 Å². The first-order chi connectivity index (χ1) is 25.4. The maximum absolute atomic E-state index is 9.19. The van der Waals surface area contributed by atoms with Gasteiger partial charge in [0, 0.05) is 0 Å². The van der Waals surface area contributed by atoms with Crippen molar-refractivity contribution in [3.05, 3.63) is 91.0 Å². The van der Waals surface area contributed by atoms with Crippen LogP contribution in [0.2, 0.25) is 0 Å². The number of anilines is 1. The van der Waals surface area contributed by atoms with Crippen molar-refractivity contribution in [3.63, 3.8) is 0 Å². The summed E-state index contributed by atoms with van der Waals surface area (Å²) >= 11 is 3.28. The zero-order valence-electron chi connectivity index (χ0n) is 32.3. The molecule has 0 unspecified atom stereocenters. The third-order valence-corrected chi connectivity index (χ3v) is 13.7. The number of nitrogens with one attached hydrogen (secondary N) is 1. The summed E-state index contributed by atoms with van der Waals surface area (Å²) in [5, 5.41) is 4.80. The van der Waals surface area contributed by atoms with Gasteiger partial charge in [-0.15, -0.1) is 0 Å². The molecule has 0 amide bonds. The topological polar surface area (TPSA) is 84.9 Å². The second-order valence-electron chi connectivity index (χ2n) is 14.4. The molecule has 0 radical (unpaired) electrons. The van der Waals surface area contributed by atoms with Crippen LogP contribution in [-0.2, 0) is 29.3 Å². The van der Waals surface area contributed by atoms with Gasteiger partial charge in [0.2, 0.25) is 0 Å². The molecule has 4 aromatic rings. The predicted molar refractivity (Wildman–Crippen MR) is 222 cm³/mol. The van der Waals surface area contributed by atoms with Crippen molar-refractivity contribution in [1.82, 2.24) is 0 Å². The van der Waals surface area contributed by atoms with E-state index in [1.807, 2.05) is 19.2 Å². The number of hydrogen-bond donors (Lipinski definition) is 2. The van der Waals surface area contributed by atoms with Crippen molar-refractivity contribution >= 4 is 33.1 Å². The Morgan fingerprint density at radius 3 is 1.57 bits per heavy atom. The summed E-state index contributed by atoms with van der Waals surface area (Å²) in [5.41, 5.74) is 7.85. The molecule has 4 aromatic carbocycles. The molecular weight excluding hydrogens is 792 g/mol.